The average molecular weight is 338 g/mol. The molecule has 2 bridgehead atoms. The Labute approximate surface area is 147 Å². The number of carbonyl (C=O) groups is 1. The third-order valence-electron chi connectivity index (χ3n) is 7.18. The Morgan fingerprint density at radius 3 is 2.92 bits per heavy atom. The molecule has 5 aliphatic rings. The third kappa shape index (κ3) is 1.77. The van der Waals surface area contributed by atoms with Crippen LogP contribution in [0, 0.1) is 11.8 Å². The van der Waals surface area contributed by atoms with E-state index in [1.54, 1.807) is 0 Å². The number of allylic oxidation sites excluding steroid dienone is 1. The predicted molar refractivity (Wildman–Crippen MR) is 90.8 cm³/mol. The normalized spacial score (nSPS) is 39.7. The van der Waals surface area contributed by atoms with Gasteiger partial charge in [-0.2, -0.15) is 0 Å². The van der Waals surface area contributed by atoms with E-state index in [1.165, 1.54) is 16.7 Å². The van der Waals surface area contributed by atoms with Crippen molar-refractivity contribution in [2.45, 2.75) is 49.4 Å². The van der Waals surface area contributed by atoms with E-state index in [4.69, 9.17) is 14.2 Å². The van der Waals surface area contributed by atoms with Crippen LogP contribution in [-0.4, -0.2) is 30.6 Å². The fraction of sp³-hybridized carbons (Fsp3) is 0.571. The fourth-order valence-electron chi connectivity index (χ4n) is 6.27. The van der Waals surface area contributed by atoms with Gasteiger partial charge >= 0.3 is 5.97 Å². The number of rotatable bonds is 0. The van der Waals surface area contributed by atoms with Crippen molar-refractivity contribution in [2.75, 3.05) is 13.2 Å². The summed E-state index contributed by atoms with van der Waals surface area (Å²) in [7, 11) is 0. The molecule has 130 valence electrons. The molecule has 25 heavy (non-hydrogen) atoms. The second-order valence-electron chi connectivity index (χ2n) is 8.23. The van der Waals surface area contributed by atoms with E-state index in [9.17, 15) is 4.79 Å². The number of hydrogen-bond donors (Lipinski definition) is 0. The smallest absolute Gasteiger partial charge is 0.310 e. The number of hydrogen-bond acceptors (Lipinski definition) is 4. The third-order valence-corrected chi connectivity index (χ3v) is 7.18. The minimum atomic E-state index is -0.549. The van der Waals surface area contributed by atoms with Crippen molar-refractivity contribution in [3.05, 3.63) is 41.0 Å². The minimum absolute atomic E-state index is 0.00865. The maximum absolute atomic E-state index is 12.8. The van der Waals surface area contributed by atoms with Gasteiger partial charge in [-0.25, -0.2) is 0 Å². The summed E-state index contributed by atoms with van der Waals surface area (Å²) in [5, 5.41) is 0. The van der Waals surface area contributed by atoms with Crippen LogP contribution in [0.1, 0.15) is 48.3 Å². The van der Waals surface area contributed by atoms with E-state index in [0.29, 0.717) is 19.6 Å². The molecule has 2 aliphatic heterocycles. The van der Waals surface area contributed by atoms with Crippen LogP contribution in [0.15, 0.2) is 24.3 Å². The number of carbonyl (C=O) groups excluding carboxylic acids is 1. The molecule has 6 rings (SSSR count). The Hall–Kier alpha value is -1.65. The lowest BCUT2D eigenvalue weighted by Crippen LogP contribution is -2.54. The molecule has 1 aromatic rings. The SMILES string of the molecule is O=C1O[C@@]23CC4(CC[C@H]2[C@@H]1Cc1cccc2c1C3CC=C2)OCCO4. The Bertz CT molecular complexity index is 791. The van der Waals surface area contributed by atoms with Gasteiger partial charge in [-0.3, -0.25) is 4.79 Å². The quantitative estimate of drug-likeness (QED) is 0.682. The first-order valence-corrected chi connectivity index (χ1v) is 9.50. The van der Waals surface area contributed by atoms with Crippen molar-refractivity contribution >= 4 is 12.0 Å². The fourth-order valence-corrected chi connectivity index (χ4v) is 6.27. The highest BCUT2D eigenvalue weighted by Crippen LogP contribution is 2.62. The summed E-state index contributed by atoms with van der Waals surface area (Å²) in [4.78, 5) is 12.8. The van der Waals surface area contributed by atoms with Crippen LogP contribution in [-0.2, 0) is 25.4 Å². The first-order chi connectivity index (χ1) is 12.2. The maximum atomic E-state index is 12.8. The highest BCUT2D eigenvalue weighted by Gasteiger charge is 2.67. The van der Waals surface area contributed by atoms with E-state index in [1.807, 2.05) is 0 Å². The van der Waals surface area contributed by atoms with Gasteiger partial charge in [-0.15, -0.1) is 0 Å². The summed E-state index contributed by atoms with van der Waals surface area (Å²) in [6.45, 7) is 1.29. The molecule has 3 fully saturated rings. The van der Waals surface area contributed by atoms with Gasteiger partial charge in [-0.1, -0.05) is 30.4 Å². The van der Waals surface area contributed by atoms with Gasteiger partial charge in [0.15, 0.2) is 5.79 Å². The Balaban J connectivity index is 1.56. The molecule has 1 spiro atoms. The van der Waals surface area contributed by atoms with Crippen LogP contribution < -0.4 is 0 Å². The van der Waals surface area contributed by atoms with Gasteiger partial charge in [0.1, 0.15) is 5.60 Å². The first kappa shape index (κ1) is 14.5. The topological polar surface area (TPSA) is 44.8 Å². The highest BCUT2D eigenvalue weighted by molar-refractivity contribution is 5.78. The predicted octanol–water partition coefficient (Wildman–Crippen LogP) is 3.20. The Morgan fingerprint density at radius 2 is 2.04 bits per heavy atom. The number of esters is 1. The van der Waals surface area contributed by atoms with E-state index >= 15 is 0 Å². The van der Waals surface area contributed by atoms with E-state index in [2.05, 4.69) is 30.4 Å². The highest BCUT2D eigenvalue weighted by atomic mass is 16.7. The lowest BCUT2D eigenvalue weighted by atomic mass is 9.62. The van der Waals surface area contributed by atoms with Gasteiger partial charge < -0.3 is 14.2 Å². The summed E-state index contributed by atoms with van der Waals surface area (Å²) in [5.74, 6) is -0.0847. The van der Waals surface area contributed by atoms with Crippen LogP contribution in [0.3, 0.4) is 0 Å². The van der Waals surface area contributed by atoms with Gasteiger partial charge in [-0.05, 0) is 36.0 Å². The molecule has 0 aromatic heterocycles. The van der Waals surface area contributed by atoms with Gasteiger partial charge in [0, 0.05) is 24.7 Å². The van der Waals surface area contributed by atoms with Crippen LogP contribution in [0.25, 0.3) is 6.08 Å². The molecule has 4 atom stereocenters. The molecular formula is C21H22O4. The standard InChI is InChI=1S/C21H22O4/c22-19-15-11-14-5-1-3-13-4-2-6-17(18(13)14)21(25-19)12-20(8-7-16(15)21)23-9-10-24-20/h1-5,15-17H,6-12H2/t15-,16-,17?,21-/m0/s1. The second kappa shape index (κ2) is 4.74. The maximum Gasteiger partial charge on any atom is 0.310 e. The molecule has 2 heterocycles. The summed E-state index contributed by atoms with van der Waals surface area (Å²) in [6.07, 6.45) is 8.71. The lowest BCUT2D eigenvalue weighted by Gasteiger charge is -2.49. The van der Waals surface area contributed by atoms with E-state index in [-0.39, 0.29) is 23.7 Å². The average Bonchev–Trinajstić information content (AvgIpc) is 3.14. The molecule has 1 aromatic carbocycles. The molecule has 0 amide bonds. The monoisotopic (exact) mass is 338 g/mol. The summed E-state index contributed by atoms with van der Waals surface area (Å²) in [6, 6.07) is 6.52. The van der Waals surface area contributed by atoms with Crippen LogP contribution in [0.4, 0.5) is 0 Å². The summed E-state index contributed by atoms with van der Waals surface area (Å²) in [5.41, 5.74) is 3.55. The second-order valence-corrected chi connectivity index (χ2v) is 8.23. The van der Waals surface area contributed by atoms with Crippen molar-refractivity contribution in [2.24, 2.45) is 11.8 Å². The minimum Gasteiger partial charge on any atom is -0.458 e. The molecule has 3 aliphatic carbocycles. The van der Waals surface area contributed by atoms with Crippen LogP contribution >= 0.6 is 0 Å². The Morgan fingerprint density at radius 1 is 1.16 bits per heavy atom. The van der Waals surface area contributed by atoms with Crippen molar-refractivity contribution in [1.29, 1.82) is 0 Å². The zero-order chi connectivity index (χ0) is 16.6. The largest absolute Gasteiger partial charge is 0.458 e. The lowest BCUT2D eigenvalue weighted by molar-refractivity contribution is -0.232. The molecule has 0 radical (unpaired) electrons. The van der Waals surface area contributed by atoms with Crippen LogP contribution in [0.5, 0.6) is 0 Å². The zero-order valence-corrected chi connectivity index (χ0v) is 14.2. The molecule has 4 heteroatoms. The molecule has 1 unspecified atom stereocenters. The summed E-state index contributed by atoms with van der Waals surface area (Å²) >= 11 is 0. The van der Waals surface area contributed by atoms with E-state index in [0.717, 1.165) is 25.7 Å². The molecule has 4 nitrogen and oxygen atoms in total. The van der Waals surface area contributed by atoms with Crippen molar-refractivity contribution in [3.63, 3.8) is 0 Å². The van der Waals surface area contributed by atoms with Crippen LogP contribution in [0.2, 0.25) is 0 Å². The number of benzene rings is 1. The molecular weight excluding hydrogens is 316 g/mol. The van der Waals surface area contributed by atoms with Gasteiger partial charge in [0.05, 0.1) is 19.1 Å². The van der Waals surface area contributed by atoms with E-state index < -0.39 is 11.4 Å². The van der Waals surface area contributed by atoms with Crippen molar-refractivity contribution in [1.82, 2.24) is 0 Å². The Kier molecular flexibility index (Phi) is 2.75. The zero-order valence-electron chi connectivity index (χ0n) is 14.2. The van der Waals surface area contributed by atoms with Crippen molar-refractivity contribution < 1.29 is 19.0 Å². The van der Waals surface area contributed by atoms with Gasteiger partial charge in [0.25, 0.3) is 0 Å². The first-order valence-electron chi connectivity index (χ1n) is 9.50. The summed E-state index contributed by atoms with van der Waals surface area (Å²) < 4.78 is 18.4. The molecule has 2 saturated heterocycles. The number of ether oxygens (including phenoxy) is 3. The molecule has 1 saturated carbocycles. The van der Waals surface area contributed by atoms with Crippen molar-refractivity contribution in [3.8, 4) is 0 Å². The molecule has 0 N–H and O–H groups in total. The van der Waals surface area contributed by atoms with Gasteiger partial charge in [0.2, 0.25) is 0 Å².